The lowest BCUT2D eigenvalue weighted by Crippen LogP contribution is -2.52. The number of aliphatic hydroxyl groups excluding tert-OH is 1. The van der Waals surface area contributed by atoms with Gasteiger partial charge in [0.2, 0.25) is 0 Å². The molecule has 0 saturated heterocycles. The Bertz CT molecular complexity index is 890. The average Bonchev–Trinajstić information content (AvgIpc) is 2.64. The number of aliphatic hydroxyl groups is 1. The van der Waals surface area contributed by atoms with Crippen LogP contribution in [0.5, 0.6) is 5.75 Å². The van der Waals surface area contributed by atoms with Crippen LogP contribution in [0.25, 0.3) is 0 Å². The van der Waals surface area contributed by atoms with E-state index in [0.29, 0.717) is 17.9 Å². The van der Waals surface area contributed by atoms with Crippen molar-refractivity contribution in [3.8, 4) is 11.8 Å². The van der Waals surface area contributed by atoms with E-state index in [0.717, 1.165) is 12.0 Å². The summed E-state index contributed by atoms with van der Waals surface area (Å²) in [6.45, 7) is 4.08. The first kappa shape index (κ1) is 18.8. The molecule has 0 amide bonds. The Balaban J connectivity index is 1.92. The van der Waals surface area contributed by atoms with Crippen LogP contribution in [0.2, 0.25) is 0 Å². The Morgan fingerprint density at radius 1 is 1.33 bits per heavy atom. The fourth-order valence-corrected chi connectivity index (χ4v) is 3.31. The highest BCUT2D eigenvalue weighted by atomic mass is 16.6. The minimum absolute atomic E-state index is 0.0611. The molecule has 1 aliphatic rings. The van der Waals surface area contributed by atoms with Crippen LogP contribution in [0.15, 0.2) is 42.5 Å². The summed E-state index contributed by atoms with van der Waals surface area (Å²) in [5.74, 6) is 0.379. The fraction of sp³-hybridized carbons (Fsp3) is 0.350. The Morgan fingerprint density at radius 3 is 2.67 bits per heavy atom. The van der Waals surface area contributed by atoms with Crippen molar-refractivity contribution in [2.75, 3.05) is 6.54 Å². The van der Waals surface area contributed by atoms with E-state index in [1.165, 1.54) is 12.1 Å². The Kier molecular flexibility index (Phi) is 5.13. The van der Waals surface area contributed by atoms with Gasteiger partial charge in [0.05, 0.1) is 11.0 Å². The molecule has 2 N–H and O–H groups in total. The Morgan fingerprint density at radius 2 is 2.04 bits per heavy atom. The van der Waals surface area contributed by atoms with Crippen molar-refractivity contribution in [3.05, 3.63) is 69.3 Å². The monoisotopic (exact) mass is 367 g/mol. The number of fused-ring (bicyclic) bond motifs is 1. The van der Waals surface area contributed by atoms with E-state index in [9.17, 15) is 20.5 Å². The number of nitrogens with zero attached hydrogens (tertiary/aromatic N) is 2. The molecule has 2 aromatic carbocycles. The highest BCUT2D eigenvalue weighted by Crippen LogP contribution is 2.42. The normalized spacial score (nSPS) is 20.2. The molecule has 0 saturated carbocycles. The summed E-state index contributed by atoms with van der Waals surface area (Å²) in [5, 5.41) is 34.6. The van der Waals surface area contributed by atoms with E-state index in [1.54, 1.807) is 13.8 Å². The zero-order chi connectivity index (χ0) is 19.6. The summed E-state index contributed by atoms with van der Waals surface area (Å²) < 4.78 is 5.84. The third-order valence-corrected chi connectivity index (χ3v) is 4.80. The lowest BCUT2D eigenvalue weighted by Gasteiger charge is -2.42. The predicted octanol–water partition coefficient (Wildman–Crippen LogP) is 2.87. The van der Waals surface area contributed by atoms with Gasteiger partial charge in [0.15, 0.2) is 0 Å². The molecule has 2 atom stereocenters. The first-order chi connectivity index (χ1) is 12.8. The van der Waals surface area contributed by atoms with Gasteiger partial charge in [-0.3, -0.25) is 10.1 Å². The number of nitriles is 1. The first-order valence-corrected chi connectivity index (χ1v) is 8.70. The summed E-state index contributed by atoms with van der Waals surface area (Å²) in [7, 11) is 0. The lowest BCUT2D eigenvalue weighted by molar-refractivity contribution is -0.385. The molecule has 1 heterocycles. The quantitative estimate of drug-likeness (QED) is 0.621. The van der Waals surface area contributed by atoms with E-state index >= 15 is 0 Å². The number of ether oxygens (including phenoxy) is 1. The van der Waals surface area contributed by atoms with E-state index in [2.05, 4.69) is 5.32 Å². The molecule has 2 aromatic rings. The number of rotatable bonds is 5. The molecule has 1 aliphatic heterocycles. The second-order valence-electron chi connectivity index (χ2n) is 7.09. The molecular weight excluding hydrogens is 346 g/mol. The van der Waals surface area contributed by atoms with Crippen LogP contribution in [-0.4, -0.2) is 28.3 Å². The molecule has 140 valence electrons. The van der Waals surface area contributed by atoms with Gasteiger partial charge in [-0.1, -0.05) is 30.3 Å². The Labute approximate surface area is 157 Å². The van der Waals surface area contributed by atoms with Crippen LogP contribution in [0, 0.1) is 21.4 Å². The van der Waals surface area contributed by atoms with E-state index in [1.807, 2.05) is 36.4 Å². The van der Waals surface area contributed by atoms with Gasteiger partial charge in [0.1, 0.15) is 29.1 Å². The van der Waals surface area contributed by atoms with Crippen molar-refractivity contribution in [2.45, 2.75) is 38.0 Å². The largest absolute Gasteiger partial charge is 0.485 e. The number of nitro groups is 1. The summed E-state index contributed by atoms with van der Waals surface area (Å²) in [5.41, 5.74) is 0.383. The first-order valence-electron chi connectivity index (χ1n) is 8.70. The standard InChI is InChI=1S/C20H21N3O4/c1-20(2)19(24)18(22-9-8-13-6-4-3-5-7-13)15-11-16(23(25)26)14(12-21)10-17(15)27-20/h3-7,10-11,18-19,22,24H,8-9H2,1-2H3. The van der Waals surface area contributed by atoms with E-state index in [-0.39, 0.29) is 11.3 Å². The number of nitrogens with one attached hydrogen (secondary N) is 1. The Hall–Kier alpha value is -2.95. The van der Waals surface area contributed by atoms with Gasteiger partial charge < -0.3 is 15.2 Å². The van der Waals surface area contributed by atoms with Crippen LogP contribution in [0.3, 0.4) is 0 Å². The second-order valence-corrected chi connectivity index (χ2v) is 7.09. The lowest BCUT2D eigenvalue weighted by atomic mass is 9.85. The van der Waals surface area contributed by atoms with E-state index in [4.69, 9.17) is 4.74 Å². The van der Waals surface area contributed by atoms with Crippen LogP contribution in [0.4, 0.5) is 5.69 Å². The average molecular weight is 367 g/mol. The van der Waals surface area contributed by atoms with Gasteiger partial charge in [-0.15, -0.1) is 0 Å². The second kappa shape index (κ2) is 7.35. The van der Waals surface area contributed by atoms with Gasteiger partial charge >= 0.3 is 0 Å². The molecular formula is C20H21N3O4. The fourth-order valence-electron chi connectivity index (χ4n) is 3.31. The molecule has 7 heteroatoms. The summed E-state index contributed by atoms with van der Waals surface area (Å²) in [4.78, 5) is 10.7. The maximum atomic E-state index is 11.3. The zero-order valence-corrected chi connectivity index (χ0v) is 15.2. The van der Waals surface area contributed by atoms with Crippen molar-refractivity contribution in [3.63, 3.8) is 0 Å². The summed E-state index contributed by atoms with van der Waals surface area (Å²) >= 11 is 0. The number of benzene rings is 2. The molecule has 7 nitrogen and oxygen atoms in total. The molecule has 0 spiro atoms. The molecule has 2 unspecified atom stereocenters. The van der Waals surface area contributed by atoms with Crippen molar-refractivity contribution >= 4 is 5.69 Å². The zero-order valence-electron chi connectivity index (χ0n) is 15.2. The van der Waals surface area contributed by atoms with E-state index < -0.39 is 22.7 Å². The molecule has 27 heavy (non-hydrogen) atoms. The van der Waals surface area contributed by atoms with Crippen molar-refractivity contribution < 1.29 is 14.8 Å². The van der Waals surface area contributed by atoms with Crippen LogP contribution < -0.4 is 10.1 Å². The number of hydrogen-bond acceptors (Lipinski definition) is 6. The predicted molar refractivity (Wildman–Crippen MR) is 99.4 cm³/mol. The minimum Gasteiger partial charge on any atom is -0.485 e. The molecule has 0 radical (unpaired) electrons. The SMILES string of the molecule is CC1(C)Oc2cc(C#N)c([N+](=O)[O-])cc2C(NCCc2ccccc2)C1O. The smallest absolute Gasteiger partial charge is 0.287 e. The highest BCUT2D eigenvalue weighted by molar-refractivity contribution is 5.58. The van der Waals surface area contributed by atoms with Crippen LogP contribution in [0.1, 0.15) is 36.6 Å². The summed E-state index contributed by atoms with van der Waals surface area (Å²) in [6.07, 6.45) is -0.160. The maximum Gasteiger partial charge on any atom is 0.287 e. The topological polar surface area (TPSA) is 108 Å². The molecule has 0 bridgehead atoms. The van der Waals surface area contributed by atoms with Crippen molar-refractivity contribution in [1.29, 1.82) is 5.26 Å². The van der Waals surface area contributed by atoms with Gasteiger partial charge in [0, 0.05) is 17.7 Å². The molecule has 0 fully saturated rings. The van der Waals surface area contributed by atoms with Gasteiger partial charge in [-0.25, -0.2) is 0 Å². The third kappa shape index (κ3) is 3.77. The maximum absolute atomic E-state index is 11.3. The van der Waals surface area contributed by atoms with Crippen molar-refractivity contribution in [2.24, 2.45) is 0 Å². The molecule has 0 aromatic heterocycles. The number of hydrogen-bond donors (Lipinski definition) is 2. The van der Waals surface area contributed by atoms with Gasteiger partial charge in [-0.2, -0.15) is 5.26 Å². The molecule has 3 rings (SSSR count). The highest BCUT2D eigenvalue weighted by Gasteiger charge is 2.43. The van der Waals surface area contributed by atoms with Crippen LogP contribution >= 0.6 is 0 Å². The van der Waals surface area contributed by atoms with Crippen LogP contribution in [-0.2, 0) is 6.42 Å². The van der Waals surface area contributed by atoms with Gasteiger partial charge in [-0.05, 0) is 32.4 Å². The van der Waals surface area contributed by atoms with Crippen molar-refractivity contribution in [1.82, 2.24) is 5.32 Å². The third-order valence-electron chi connectivity index (χ3n) is 4.80. The van der Waals surface area contributed by atoms with Gasteiger partial charge in [0.25, 0.3) is 5.69 Å². The number of nitro benzene ring substituents is 1. The summed E-state index contributed by atoms with van der Waals surface area (Å²) in [6, 6.07) is 13.9. The molecule has 0 aliphatic carbocycles. The minimum atomic E-state index is -0.909.